The number of nitrogens with one attached hydrogen (secondary N) is 2. The van der Waals surface area contributed by atoms with Gasteiger partial charge in [0.1, 0.15) is 0 Å². The van der Waals surface area contributed by atoms with Crippen LogP contribution in [0, 0.1) is 0 Å². The molecule has 6 rings (SSSR count). The number of benzene rings is 4. The van der Waals surface area contributed by atoms with Gasteiger partial charge in [0, 0.05) is 45.1 Å². The Labute approximate surface area is 228 Å². The molecule has 0 radical (unpaired) electrons. The van der Waals surface area contributed by atoms with E-state index in [-0.39, 0.29) is 11.8 Å². The molecule has 0 fully saturated rings. The zero-order valence-electron chi connectivity index (χ0n) is 20.5. The summed E-state index contributed by atoms with van der Waals surface area (Å²) >= 11 is 3.05. The summed E-state index contributed by atoms with van der Waals surface area (Å²) in [4.78, 5) is 45.8. The maximum Gasteiger partial charge on any atom is 0.323 e. The number of hydrogen-bond donors (Lipinski definition) is 2. The number of carbonyl (C=O) groups excluding carboxylic acids is 3. The molecule has 7 nitrogen and oxygen atoms in total. The predicted octanol–water partition coefficient (Wildman–Crippen LogP) is 6.81. The van der Waals surface area contributed by atoms with E-state index in [1.54, 1.807) is 36.0 Å². The van der Waals surface area contributed by atoms with E-state index >= 15 is 0 Å². The van der Waals surface area contributed by atoms with Gasteiger partial charge in [0.2, 0.25) is 0 Å². The molecule has 4 aromatic rings. The molecule has 9 heteroatoms. The Hall–Kier alpha value is -4.21. The van der Waals surface area contributed by atoms with Crippen LogP contribution in [0.2, 0.25) is 0 Å². The van der Waals surface area contributed by atoms with Crippen molar-refractivity contribution in [2.24, 2.45) is 0 Å². The highest BCUT2D eigenvalue weighted by atomic mass is 32.2. The summed E-state index contributed by atoms with van der Waals surface area (Å²) in [7, 11) is 3.47. The summed E-state index contributed by atoms with van der Waals surface area (Å²) < 4.78 is 0. The van der Waals surface area contributed by atoms with E-state index < -0.39 is 6.03 Å². The minimum Gasteiger partial charge on any atom is -0.310 e. The minimum absolute atomic E-state index is 0.0999. The van der Waals surface area contributed by atoms with Gasteiger partial charge in [-0.15, -0.1) is 0 Å². The van der Waals surface area contributed by atoms with Crippen molar-refractivity contribution in [3.8, 4) is 0 Å². The van der Waals surface area contributed by atoms with Crippen molar-refractivity contribution in [3.05, 3.63) is 96.1 Å². The molecule has 188 valence electrons. The molecule has 0 aliphatic carbocycles. The molecule has 2 aliphatic rings. The van der Waals surface area contributed by atoms with Crippen LogP contribution in [0.3, 0.4) is 0 Å². The SMILES string of the molecule is CN1C(=O)c2ccccc2Sc2ccc(NC(=O)Nc3ccc4c(c3)N(C)C(=O)c3ccccc3S4)cc21. The van der Waals surface area contributed by atoms with Crippen molar-refractivity contribution < 1.29 is 14.4 Å². The van der Waals surface area contributed by atoms with Crippen LogP contribution in [0.25, 0.3) is 0 Å². The Morgan fingerprint density at radius 2 is 1.03 bits per heavy atom. The molecular formula is C29H22N4O3S2. The van der Waals surface area contributed by atoms with E-state index in [4.69, 9.17) is 0 Å². The Morgan fingerprint density at radius 1 is 0.605 bits per heavy atom. The molecule has 0 atom stereocenters. The van der Waals surface area contributed by atoms with E-state index in [2.05, 4.69) is 10.6 Å². The maximum absolute atomic E-state index is 13.0. The fraction of sp³-hybridized carbons (Fsp3) is 0.0690. The molecule has 0 aromatic heterocycles. The van der Waals surface area contributed by atoms with Gasteiger partial charge in [-0.25, -0.2) is 4.79 Å². The van der Waals surface area contributed by atoms with Gasteiger partial charge in [-0.3, -0.25) is 9.59 Å². The quantitative estimate of drug-likeness (QED) is 0.293. The van der Waals surface area contributed by atoms with E-state index in [0.29, 0.717) is 22.5 Å². The first-order valence-corrected chi connectivity index (χ1v) is 13.5. The topological polar surface area (TPSA) is 81.8 Å². The molecular weight excluding hydrogens is 516 g/mol. The molecule has 0 saturated carbocycles. The lowest BCUT2D eigenvalue weighted by Gasteiger charge is -2.19. The minimum atomic E-state index is -0.429. The molecule has 0 spiro atoms. The van der Waals surface area contributed by atoms with Crippen LogP contribution in [-0.4, -0.2) is 31.9 Å². The fourth-order valence-electron chi connectivity index (χ4n) is 4.46. The molecule has 0 saturated heterocycles. The van der Waals surface area contributed by atoms with Crippen molar-refractivity contribution in [2.45, 2.75) is 19.6 Å². The molecule has 4 aromatic carbocycles. The van der Waals surface area contributed by atoms with Crippen molar-refractivity contribution >= 4 is 64.1 Å². The van der Waals surface area contributed by atoms with Crippen molar-refractivity contribution in [1.82, 2.24) is 0 Å². The lowest BCUT2D eigenvalue weighted by Crippen LogP contribution is -2.26. The third kappa shape index (κ3) is 4.29. The van der Waals surface area contributed by atoms with Gasteiger partial charge >= 0.3 is 6.03 Å². The molecule has 2 aliphatic heterocycles. The van der Waals surface area contributed by atoms with Gasteiger partial charge in [-0.2, -0.15) is 0 Å². The third-order valence-corrected chi connectivity index (χ3v) is 8.72. The maximum atomic E-state index is 13.0. The highest BCUT2D eigenvalue weighted by Gasteiger charge is 2.26. The highest BCUT2D eigenvalue weighted by molar-refractivity contribution is 8.00. The molecule has 0 bridgehead atoms. The van der Waals surface area contributed by atoms with Crippen LogP contribution in [0.5, 0.6) is 0 Å². The van der Waals surface area contributed by atoms with Gasteiger partial charge in [0.15, 0.2) is 0 Å². The van der Waals surface area contributed by atoms with Gasteiger partial charge < -0.3 is 20.4 Å². The largest absolute Gasteiger partial charge is 0.323 e. The smallest absolute Gasteiger partial charge is 0.310 e. The van der Waals surface area contributed by atoms with Gasteiger partial charge in [-0.05, 0) is 60.7 Å². The average molecular weight is 539 g/mol. The van der Waals surface area contributed by atoms with Gasteiger partial charge in [-0.1, -0.05) is 47.8 Å². The number of rotatable bonds is 2. The number of anilines is 4. The van der Waals surface area contributed by atoms with E-state index in [1.165, 1.54) is 23.5 Å². The Morgan fingerprint density at radius 3 is 1.47 bits per heavy atom. The number of fused-ring (bicyclic) bond motifs is 4. The second-order valence-corrected chi connectivity index (χ2v) is 11.0. The molecule has 2 heterocycles. The summed E-state index contributed by atoms with van der Waals surface area (Å²) in [6, 6.07) is 25.6. The van der Waals surface area contributed by atoms with Crippen molar-refractivity contribution in [2.75, 3.05) is 34.5 Å². The first kappa shape index (κ1) is 24.1. The Bertz CT molecular complexity index is 1520. The number of amides is 4. The normalized spacial score (nSPS) is 13.9. The number of nitrogens with zero attached hydrogens (tertiary/aromatic N) is 2. The van der Waals surface area contributed by atoms with E-state index in [1.807, 2.05) is 72.8 Å². The summed E-state index contributed by atoms with van der Waals surface area (Å²) in [6.45, 7) is 0. The standard InChI is InChI=1S/C29H22N4O3S2/c1-32-21-15-17(11-13-25(21)37-23-9-5-3-7-19(23)27(32)34)30-29(36)31-18-12-14-26-22(16-18)33(2)28(35)20-8-4-6-10-24(20)38-26/h3-16H,1-2H3,(H2,30,31,36). The highest BCUT2D eigenvalue weighted by Crippen LogP contribution is 2.43. The lowest BCUT2D eigenvalue weighted by molar-refractivity contribution is 0.0982. The number of urea groups is 1. The number of hydrogen-bond acceptors (Lipinski definition) is 5. The first-order valence-electron chi connectivity index (χ1n) is 11.8. The van der Waals surface area contributed by atoms with Crippen molar-refractivity contribution in [3.63, 3.8) is 0 Å². The predicted molar refractivity (Wildman–Crippen MR) is 152 cm³/mol. The van der Waals surface area contributed by atoms with Gasteiger partial charge in [0.05, 0.1) is 22.5 Å². The van der Waals surface area contributed by atoms with Crippen LogP contribution in [0.1, 0.15) is 20.7 Å². The summed E-state index contributed by atoms with van der Waals surface area (Å²) in [6.07, 6.45) is 0. The van der Waals surface area contributed by atoms with Crippen LogP contribution in [0.4, 0.5) is 27.5 Å². The summed E-state index contributed by atoms with van der Waals surface area (Å²) in [5.74, 6) is -0.200. The lowest BCUT2D eigenvalue weighted by atomic mass is 10.2. The van der Waals surface area contributed by atoms with Crippen LogP contribution in [0.15, 0.2) is 105 Å². The molecule has 0 unspecified atom stereocenters. The van der Waals surface area contributed by atoms with E-state index in [9.17, 15) is 14.4 Å². The first-order chi connectivity index (χ1) is 18.4. The Kier molecular flexibility index (Phi) is 6.09. The second-order valence-electron chi connectivity index (χ2n) is 8.87. The Balaban J connectivity index is 1.21. The zero-order valence-corrected chi connectivity index (χ0v) is 22.2. The van der Waals surface area contributed by atoms with Crippen molar-refractivity contribution in [1.29, 1.82) is 0 Å². The molecule has 38 heavy (non-hydrogen) atoms. The zero-order chi connectivity index (χ0) is 26.4. The van der Waals surface area contributed by atoms with Gasteiger partial charge in [0.25, 0.3) is 11.8 Å². The molecule has 4 amide bonds. The van der Waals surface area contributed by atoms with Crippen LogP contribution in [-0.2, 0) is 0 Å². The van der Waals surface area contributed by atoms with Crippen LogP contribution < -0.4 is 20.4 Å². The van der Waals surface area contributed by atoms with E-state index in [0.717, 1.165) is 31.0 Å². The third-order valence-electron chi connectivity index (χ3n) is 6.44. The number of carbonyl (C=O) groups is 3. The van der Waals surface area contributed by atoms with Crippen LogP contribution >= 0.6 is 23.5 Å². The molecule has 2 N–H and O–H groups in total. The fourth-order valence-corrected chi connectivity index (χ4v) is 6.63. The summed E-state index contributed by atoms with van der Waals surface area (Å²) in [5, 5.41) is 5.72. The summed E-state index contributed by atoms with van der Waals surface area (Å²) in [5.41, 5.74) is 3.85. The second kappa shape index (κ2) is 9.59. The average Bonchev–Trinajstić information content (AvgIpc) is 3.10. The monoisotopic (exact) mass is 538 g/mol.